The van der Waals surface area contributed by atoms with E-state index >= 15 is 0 Å². The minimum Gasteiger partial charge on any atom is -0.385 e. The highest BCUT2D eigenvalue weighted by molar-refractivity contribution is 5.76. The van der Waals surface area contributed by atoms with Gasteiger partial charge in [-0.2, -0.15) is 0 Å². The van der Waals surface area contributed by atoms with E-state index in [0.717, 1.165) is 31.7 Å². The van der Waals surface area contributed by atoms with E-state index in [1.54, 1.807) is 0 Å². The van der Waals surface area contributed by atoms with Gasteiger partial charge < -0.3 is 10.2 Å². The van der Waals surface area contributed by atoms with Gasteiger partial charge in [0.2, 0.25) is 5.91 Å². The molecule has 1 aromatic rings. The van der Waals surface area contributed by atoms with E-state index in [2.05, 4.69) is 5.32 Å². The van der Waals surface area contributed by atoms with Gasteiger partial charge in [0.1, 0.15) is 0 Å². The molecule has 0 aromatic heterocycles. The Morgan fingerprint density at radius 2 is 1.82 bits per heavy atom. The van der Waals surface area contributed by atoms with Crippen molar-refractivity contribution >= 4 is 11.6 Å². The van der Waals surface area contributed by atoms with E-state index < -0.39 is 0 Å². The van der Waals surface area contributed by atoms with Crippen molar-refractivity contribution in [3.63, 3.8) is 0 Å². The molecule has 0 unspecified atom stereocenters. The summed E-state index contributed by atoms with van der Waals surface area (Å²) in [4.78, 5) is 13.6. The molecular weight excluding hydrogens is 212 g/mol. The van der Waals surface area contributed by atoms with Crippen LogP contribution in [-0.4, -0.2) is 30.4 Å². The van der Waals surface area contributed by atoms with Crippen molar-refractivity contribution in [1.82, 2.24) is 4.90 Å². The van der Waals surface area contributed by atoms with E-state index in [0.29, 0.717) is 6.42 Å². The zero-order valence-electron chi connectivity index (χ0n) is 10.8. The minimum absolute atomic E-state index is 0.255. The number of carbonyl (C=O) groups is 1. The average molecular weight is 234 g/mol. The third kappa shape index (κ3) is 4.89. The second kappa shape index (κ2) is 7.71. The fraction of sp³-hybridized carbons (Fsp3) is 0.500. The fourth-order valence-electron chi connectivity index (χ4n) is 1.76. The number of carbonyl (C=O) groups excluding carboxylic acids is 1. The first kappa shape index (κ1) is 13.6. The Balaban J connectivity index is 2.18. The summed E-state index contributed by atoms with van der Waals surface area (Å²) in [5, 5.41) is 3.30. The number of nitrogens with zero attached hydrogens (tertiary/aromatic N) is 1. The number of benzene rings is 1. The van der Waals surface area contributed by atoms with Crippen molar-refractivity contribution in [2.45, 2.75) is 26.7 Å². The maximum Gasteiger partial charge on any atom is 0.222 e. The van der Waals surface area contributed by atoms with Crippen LogP contribution in [0.3, 0.4) is 0 Å². The summed E-state index contributed by atoms with van der Waals surface area (Å²) >= 11 is 0. The predicted molar refractivity (Wildman–Crippen MR) is 72.1 cm³/mol. The van der Waals surface area contributed by atoms with Gasteiger partial charge in [-0.05, 0) is 32.4 Å². The van der Waals surface area contributed by atoms with Gasteiger partial charge in [-0.25, -0.2) is 0 Å². The molecule has 0 aliphatic carbocycles. The third-order valence-electron chi connectivity index (χ3n) is 2.79. The molecule has 0 fully saturated rings. The standard InChI is InChI=1S/C14H22N2O/c1-3-16(4-2)14(17)11-8-12-15-13-9-6-5-7-10-13/h5-7,9-10,15H,3-4,8,11-12H2,1-2H3. The lowest BCUT2D eigenvalue weighted by molar-refractivity contribution is -0.130. The summed E-state index contributed by atoms with van der Waals surface area (Å²) in [5.41, 5.74) is 1.11. The molecule has 1 rings (SSSR count). The lowest BCUT2D eigenvalue weighted by atomic mass is 10.2. The van der Waals surface area contributed by atoms with Crippen molar-refractivity contribution < 1.29 is 4.79 Å². The molecule has 3 heteroatoms. The Morgan fingerprint density at radius 1 is 1.18 bits per heavy atom. The highest BCUT2D eigenvalue weighted by Gasteiger charge is 2.07. The highest BCUT2D eigenvalue weighted by Crippen LogP contribution is 2.05. The van der Waals surface area contributed by atoms with Crippen LogP contribution in [0.25, 0.3) is 0 Å². The molecule has 0 spiro atoms. The van der Waals surface area contributed by atoms with E-state index in [-0.39, 0.29) is 5.91 Å². The maximum absolute atomic E-state index is 11.7. The van der Waals surface area contributed by atoms with Crippen molar-refractivity contribution in [2.75, 3.05) is 25.0 Å². The van der Waals surface area contributed by atoms with E-state index in [4.69, 9.17) is 0 Å². The summed E-state index contributed by atoms with van der Waals surface area (Å²) in [5.74, 6) is 0.255. The number of amides is 1. The molecular formula is C14H22N2O. The Bertz CT molecular complexity index is 320. The zero-order valence-corrected chi connectivity index (χ0v) is 10.8. The number of rotatable bonds is 7. The summed E-state index contributed by atoms with van der Waals surface area (Å²) in [7, 11) is 0. The van der Waals surface area contributed by atoms with Gasteiger partial charge >= 0.3 is 0 Å². The summed E-state index contributed by atoms with van der Waals surface area (Å²) in [6, 6.07) is 10.1. The van der Waals surface area contributed by atoms with Crippen molar-refractivity contribution in [2.24, 2.45) is 0 Å². The van der Waals surface area contributed by atoms with Crippen molar-refractivity contribution in [1.29, 1.82) is 0 Å². The molecule has 0 saturated carbocycles. The van der Waals surface area contributed by atoms with Gasteiger partial charge in [0.05, 0.1) is 0 Å². The number of hydrogen-bond donors (Lipinski definition) is 1. The molecule has 0 atom stereocenters. The molecule has 0 saturated heterocycles. The maximum atomic E-state index is 11.7. The summed E-state index contributed by atoms with van der Waals surface area (Å²) in [6.45, 7) is 6.49. The van der Waals surface area contributed by atoms with Gasteiger partial charge in [-0.15, -0.1) is 0 Å². The molecule has 0 aliphatic rings. The normalized spacial score (nSPS) is 10.0. The molecule has 1 N–H and O–H groups in total. The molecule has 1 aromatic carbocycles. The zero-order chi connectivity index (χ0) is 12.5. The SMILES string of the molecule is CCN(CC)C(=O)CCCNc1ccccc1. The lowest BCUT2D eigenvalue weighted by Gasteiger charge is -2.18. The molecule has 17 heavy (non-hydrogen) atoms. The van der Waals surface area contributed by atoms with Crippen LogP contribution in [0.2, 0.25) is 0 Å². The van der Waals surface area contributed by atoms with Gasteiger partial charge in [-0.1, -0.05) is 18.2 Å². The monoisotopic (exact) mass is 234 g/mol. The smallest absolute Gasteiger partial charge is 0.222 e. The Morgan fingerprint density at radius 3 is 2.41 bits per heavy atom. The van der Waals surface area contributed by atoms with Crippen LogP contribution in [0.15, 0.2) is 30.3 Å². The summed E-state index contributed by atoms with van der Waals surface area (Å²) in [6.07, 6.45) is 1.51. The van der Waals surface area contributed by atoms with E-state index in [9.17, 15) is 4.79 Å². The van der Waals surface area contributed by atoms with E-state index in [1.807, 2.05) is 49.1 Å². The Kier molecular flexibility index (Phi) is 6.15. The van der Waals surface area contributed by atoms with Gasteiger partial charge in [0.25, 0.3) is 0 Å². The Labute approximate surface area is 104 Å². The number of nitrogens with one attached hydrogen (secondary N) is 1. The third-order valence-corrected chi connectivity index (χ3v) is 2.79. The molecule has 0 radical (unpaired) electrons. The fourth-order valence-corrected chi connectivity index (χ4v) is 1.76. The van der Waals surface area contributed by atoms with Crippen LogP contribution < -0.4 is 5.32 Å². The number of anilines is 1. The van der Waals surface area contributed by atoms with Crippen LogP contribution >= 0.6 is 0 Å². The minimum atomic E-state index is 0.255. The largest absolute Gasteiger partial charge is 0.385 e. The van der Waals surface area contributed by atoms with Gasteiger partial charge in [0, 0.05) is 31.7 Å². The van der Waals surface area contributed by atoms with Crippen molar-refractivity contribution in [3.8, 4) is 0 Å². The van der Waals surface area contributed by atoms with Crippen LogP contribution in [0.1, 0.15) is 26.7 Å². The first-order valence-corrected chi connectivity index (χ1v) is 6.34. The molecule has 0 bridgehead atoms. The summed E-state index contributed by atoms with van der Waals surface area (Å²) < 4.78 is 0. The molecule has 3 nitrogen and oxygen atoms in total. The molecule has 1 amide bonds. The topological polar surface area (TPSA) is 32.3 Å². The number of hydrogen-bond acceptors (Lipinski definition) is 2. The quantitative estimate of drug-likeness (QED) is 0.736. The van der Waals surface area contributed by atoms with Crippen LogP contribution in [-0.2, 0) is 4.79 Å². The average Bonchev–Trinajstić information content (AvgIpc) is 2.37. The highest BCUT2D eigenvalue weighted by atomic mass is 16.2. The molecule has 0 aliphatic heterocycles. The number of para-hydroxylation sites is 1. The molecule has 0 heterocycles. The second-order valence-corrected chi connectivity index (χ2v) is 3.96. The van der Waals surface area contributed by atoms with Crippen molar-refractivity contribution in [3.05, 3.63) is 30.3 Å². The lowest BCUT2D eigenvalue weighted by Crippen LogP contribution is -2.30. The second-order valence-electron chi connectivity index (χ2n) is 3.96. The predicted octanol–water partition coefficient (Wildman–Crippen LogP) is 2.75. The molecule has 94 valence electrons. The van der Waals surface area contributed by atoms with E-state index in [1.165, 1.54) is 0 Å². The first-order chi connectivity index (χ1) is 8.27. The van der Waals surface area contributed by atoms with Gasteiger partial charge in [-0.3, -0.25) is 4.79 Å². The Hall–Kier alpha value is -1.51. The van der Waals surface area contributed by atoms with Gasteiger partial charge in [0.15, 0.2) is 0 Å². The van der Waals surface area contributed by atoms with Crippen LogP contribution in [0, 0.1) is 0 Å². The first-order valence-electron chi connectivity index (χ1n) is 6.34. The van der Waals surface area contributed by atoms with Crippen LogP contribution in [0.4, 0.5) is 5.69 Å². The van der Waals surface area contributed by atoms with Crippen LogP contribution in [0.5, 0.6) is 0 Å².